The summed E-state index contributed by atoms with van der Waals surface area (Å²) >= 11 is 0. The SMILES string of the molecule is CCN(CC1CCC(CC(=O)O)CC1)c1ccc(OC(F)(F)F)cc1CN(Cc1cc(C(F)(F)F)cc(C(F)(F)F)c1)c1nnn(C)n1. The van der Waals surface area contributed by atoms with Gasteiger partial charge in [0.2, 0.25) is 0 Å². The lowest BCUT2D eigenvalue weighted by Crippen LogP contribution is -2.33. The number of anilines is 2. The van der Waals surface area contributed by atoms with Crippen LogP contribution in [-0.2, 0) is 37.3 Å². The highest BCUT2D eigenvalue weighted by Gasteiger charge is 2.37. The van der Waals surface area contributed by atoms with Crippen molar-refractivity contribution in [3.8, 4) is 5.75 Å². The molecule has 0 amide bonds. The zero-order valence-corrected chi connectivity index (χ0v) is 25.8. The molecule has 2 aromatic carbocycles. The second kappa shape index (κ2) is 14.5. The Balaban J connectivity index is 1.72. The number of hydrogen-bond acceptors (Lipinski definition) is 7. The van der Waals surface area contributed by atoms with E-state index < -0.39 is 53.7 Å². The number of ether oxygens (including phenoxy) is 1. The number of tetrazole rings is 1. The van der Waals surface area contributed by atoms with Crippen molar-refractivity contribution in [2.24, 2.45) is 18.9 Å². The average molecular weight is 697 g/mol. The lowest BCUT2D eigenvalue weighted by atomic mass is 9.80. The number of carboxylic acids is 1. The van der Waals surface area contributed by atoms with Crippen LogP contribution < -0.4 is 14.5 Å². The van der Waals surface area contributed by atoms with E-state index in [1.165, 1.54) is 18.0 Å². The van der Waals surface area contributed by atoms with Crippen LogP contribution in [0.1, 0.15) is 61.3 Å². The third kappa shape index (κ3) is 10.1. The minimum Gasteiger partial charge on any atom is -0.481 e. The lowest BCUT2D eigenvalue weighted by molar-refractivity contribution is -0.274. The van der Waals surface area contributed by atoms with Crippen molar-refractivity contribution in [3.05, 3.63) is 58.7 Å². The molecule has 0 atom stereocenters. The lowest BCUT2D eigenvalue weighted by Gasteiger charge is -2.34. The summed E-state index contributed by atoms with van der Waals surface area (Å²) in [5.74, 6) is -1.47. The first kappa shape index (κ1) is 36.6. The second-order valence-electron chi connectivity index (χ2n) is 11.7. The van der Waals surface area contributed by atoms with Crippen molar-refractivity contribution in [3.63, 3.8) is 0 Å². The molecule has 1 aromatic heterocycles. The fourth-order valence-corrected chi connectivity index (χ4v) is 5.90. The fourth-order valence-electron chi connectivity index (χ4n) is 5.90. The third-order valence-corrected chi connectivity index (χ3v) is 8.08. The number of carbonyl (C=O) groups is 1. The molecule has 0 radical (unpaired) electrons. The number of aliphatic carboxylic acids is 1. The topological polar surface area (TPSA) is 96.6 Å². The molecule has 3 aromatic rings. The van der Waals surface area contributed by atoms with E-state index in [2.05, 4.69) is 20.1 Å². The molecule has 18 heteroatoms. The van der Waals surface area contributed by atoms with E-state index in [1.54, 1.807) is 0 Å². The summed E-state index contributed by atoms with van der Waals surface area (Å²) in [7, 11) is 1.38. The number of hydrogen-bond donors (Lipinski definition) is 1. The van der Waals surface area contributed by atoms with Crippen molar-refractivity contribution < 1.29 is 54.2 Å². The zero-order chi connectivity index (χ0) is 35.4. The van der Waals surface area contributed by atoms with E-state index in [-0.39, 0.29) is 42.4 Å². The van der Waals surface area contributed by atoms with E-state index in [4.69, 9.17) is 5.11 Å². The summed E-state index contributed by atoms with van der Waals surface area (Å²) in [5.41, 5.74) is -2.81. The summed E-state index contributed by atoms with van der Waals surface area (Å²) in [5, 5.41) is 20.8. The van der Waals surface area contributed by atoms with Crippen LogP contribution in [0.15, 0.2) is 36.4 Å². The number of carboxylic acid groups (broad SMARTS) is 1. The largest absolute Gasteiger partial charge is 0.573 e. The Labute approximate surface area is 269 Å². The molecular formula is C30H33F9N6O3. The van der Waals surface area contributed by atoms with Gasteiger partial charge in [-0.3, -0.25) is 4.79 Å². The summed E-state index contributed by atoms with van der Waals surface area (Å²) in [6, 6.07) is 4.74. The van der Waals surface area contributed by atoms with Crippen LogP contribution in [0, 0.1) is 11.8 Å². The summed E-state index contributed by atoms with van der Waals surface area (Å²) < 4.78 is 125. The second-order valence-corrected chi connectivity index (χ2v) is 11.7. The molecule has 1 heterocycles. The predicted octanol–water partition coefficient (Wildman–Crippen LogP) is 7.46. The van der Waals surface area contributed by atoms with Gasteiger partial charge in [0.05, 0.1) is 18.2 Å². The molecule has 1 aliphatic carbocycles. The zero-order valence-electron chi connectivity index (χ0n) is 25.8. The molecular weight excluding hydrogens is 663 g/mol. The fraction of sp³-hybridized carbons (Fsp3) is 0.533. The summed E-state index contributed by atoms with van der Waals surface area (Å²) in [6.45, 7) is 1.74. The molecule has 0 aliphatic heterocycles. The van der Waals surface area contributed by atoms with Gasteiger partial charge in [-0.05, 0) is 97.2 Å². The Morgan fingerprint density at radius 3 is 2.00 bits per heavy atom. The van der Waals surface area contributed by atoms with E-state index >= 15 is 0 Å². The standard InChI is InChI=1S/C30H33F9N6O3/c1-3-44(15-19-6-4-18(5-7-19)12-26(46)47)25-9-8-24(48-30(37,38)39)13-21(25)17-45(27-40-42-43(2)41-27)16-20-10-22(28(31,32)33)14-23(11-20)29(34,35)36/h8-11,13-14,18-19H,3-7,12,15-17H2,1-2H3,(H,46,47). The highest BCUT2D eigenvalue weighted by Crippen LogP contribution is 2.38. The van der Waals surface area contributed by atoms with Gasteiger partial charge in [0.25, 0.3) is 5.95 Å². The molecule has 264 valence electrons. The maximum atomic E-state index is 13.6. The molecule has 0 unspecified atom stereocenters. The average Bonchev–Trinajstić information content (AvgIpc) is 3.41. The molecule has 1 N–H and O–H groups in total. The van der Waals surface area contributed by atoms with Crippen molar-refractivity contribution >= 4 is 17.6 Å². The van der Waals surface area contributed by atoms with Gasteiger partial charge in [-0.1, -0.05) is 5.10 Å². The monoisotopic (exact) mass is 696 g/mol. The third-order valence-electron chi connectivity index (χ3n) is 8.08. The highest BCUT2D eigenvalue weighted by atomic mass is 19.4. The Kier molecular flexibility index (Phi) is 11.0. The highest BCUT2D eigenvalue weighted by molar-refractivity contribution is 5.67. The number of rotatable bonds is 12. The van der Waals surface area contributed by atoms with Gasteiger partial charge in [-0.15, -0.1) is 18.3 Å². The van der Waals surface area contributed by atoms with E-state index in [0.29, 0.717) is 43.8 Å². The normalized spacial score (nSPS) is 17.3. The van der Waals surface area contributed by atoms with Crippen LogP contribution in [0.2, 0.25) is 0 Å². The van der Waals surface area contributed by atoms with Gasteiger partial charge >= 0.3 is 24.7 Å². The first-order valence-corrected chi connectivity index (χ1v) is 14.9. The molecule has 48 heavy (non-hydrogen) atoms. The number of aryl methyl sites for hydroxylation is 1. The van der Waals surface area contributed by atoms with Crippen LogP contribution in [-0.4, -0.2) is 50.7 Å². The molecule has 9 nitrogen and oxygen atoms in total. The molecule has 4 rings (SSSR count). The molecule has 1 fully saturated rings. The molecule has 0 spiro atoms. The first-order valence-electron chi connectivity index (χ1n) is 14.9. The smallest absolute Gasteiger partial charge is 0.481 e. The number of aromatic nitrogens is 4. The van der Waals surface area contributed by atoms with Gasteiger partial charge in [0, 0.05) is 38.3 Å². The quantitative estimate of drug-likeness (QED) is 0.195. The molecule has 1 aliphatic rings. The van der Waals surface area contributed by atoms with Crippen LogP contribution in [0.4, 0.5) is 51.1 Å². The minimum absolute atomic E-state index is 0.00126. The maximum absolute atomic E-state index is 13.6. The van der Waals surface area contributed by atoms with Crippen LogP contribution in [0.3, 0.4) is 0 Å². The van der Waals surface area contributed by atoms with Gasteiger partial charge in [0.1, 0.15) is 5.75 Å². The molecule has 0 saturated heterocycles. The number of benzene rings is 2. The van der Waals surface area contributed by atoms with Gasteiger partial charge in [-0.25, -0.2) is 0 Å². The van der Waals surface area contributed by atoms with Crippen molar-refractivity contribution in [1.29, 1.82) is 0 Å². The minimum atomic E-state index is -5.10. The van der Waals surface area contributed by atoms with E-state index in [9.17, 15) is 44.3 Å². The van der Waals surface area contributed by atoms with Gasteiger partial charge in [-0.2, -0.15) is 31.1 Å². The van der Waals surface area contributed by atoms with Crippen LogP contribution in [0.25, 0.3) is 0 Å². The van der Waals surface area contributed by atoms with Crippen molar-refractivity contribution in [1.82, 2.24) is 20.2 Å². The summed E-state index contributed by atoms with van der Waals surface area (Å²) in [6.07, 6.45) is -12.3. The van der Waals surface area contributed by atoms with Crippen molar-refractivity contribution in [2.75, 3.05) is 22.9 Å². The molecule has 1 saturated carbocycles. The van der Waals surface area contributed by atoms with Crippen LogP contribution >= 0.6 is 0 Å². The van der Waals surface area contributed by atoms with Gasteiger partial charge < -0.3 is 19.6 Å². The Bertz CT molecular complexity index is 1520. The number of nitrogens with zero attached hydrogens (tertiary/aromatic N) is 6. The van der Waals surface area contributed by atoms with Gasteiger partial charge in [0.15, 0.2) is 0 Å². The predicted molar refractivity (Wildman–Crippen MR) is 154 cm³/mol. The maximum Gasteiger partial charge on any atom is 0.573 e. The Morgan fingerprint density at radius 2 is 1.50 bits per heavy atom. The van der Waals surface area contributed by atoms with Crippen molar-refractivity contribution in [2.45, 2.75) is 70.8 Å². The van der Waals surface area contributed by atoms with E-state index in [1.807, 2.05) is 11.8 Å². The summed E-state index contributed by atoms with van der Waals surface area (Å²) in [4.78, 5) is 15.3. The van der Waals surface area contributed by atoms with Crippen LogP contribution in [0.5, 0.6) is 5.75 Å². The number of alkyl halides is 9. The Morgan fingerprint density at radius 1 is 0.896 bits per heavy atom. The van der Waals surface area contributed by atoms with E-state index in [0.717, 1.165) is 29.8 Å². The molecule has 0 bridgehead atoms. The first-order chi connectivity index (χ1) is 22.3. The Hall–Kier alpha value is -4.25. The number of halogens is 9.